The van der Waals surface area contributed by atoms with Gasteiger partial charge in [0.25, 0.3) is 0 Å². The Bertz CT molecular complexity index is 587. The molecule has 1 aromatic heterocycles. The molecule has 1 aromatic carbocycles. The summed E-state index contributed by atoms with van der Waals surface area (Å²) in [5, 5.41) is 11.3. The molecule has 2 aromatic rings. The van der Waals surface area contributed by atoms with Crippen molar-refractivity contribution in [3.8, 4) is 0 Å². The molecule has 0 aliphatic rings. The third kappa shape index (κ3) is 3.57. The zero-order valence-corrected chi connectivity index (χ0v) is 11.1. The van der Waals surface area contributed by atoms with Crippen molar-refractivity contribution in [3.63, 3.8) is 0 Å². The van der Waals surface area contributed by atoms with Crippen LogP contribution in [-0.4, -0.2) is 28.5 Å². The minimum absolute atomic E-state index is 0.127. The largest absolute Gasteiger partial charge is 0.481 e. The Morgan fingerprint density at radius 3 is 2.85 bits per heavy atom. The summed E-state index contributed by atoms with van der Waals surface area (Å²) in [4.78, 5) is 26.5. The van der Waals surface area contributed by atoms with E-state index in [4.69, 9.17) is 9.52 Å². The molecule has 20 heavy (non-hydrogen) atoms. The summed E-state index contributed by atoms with van der Waals surface area (Å²) in [6, 6.07) is 7.39. The van der Waals surface area contributed by atoms with Crippen LogP contribution >= 0.6 is 0 Å². The van der Waals surface area contributed by atoms with Crippen LogP contribution < -0.4 is 5.32 Å². The molecule has 6 nitrogen and oxygen atoms in total. The molecule has 0 aliphatic heterocycles. The number of amides is 1. The lowest BCUT2D eigenvalue weighted by molar-refractivity contribution is -0.141. The summed E-state index contributed by atoms with van der Waals surface area (Å²) >= 11 is 0. The van der Waals surface area contributed by atoms with Crippen LogP contribution in [0.3, 0.4) is 0 Å². The number of oxazole rings is 1. The molecule has 0 spiro atoms. The highest BCUT2D eigenvalue weighted by atomic mass is 16.4. The molecular weight excluding hydrogens is 260 g/mol. The summed E-state index contributed by atoms with van der Waals surface area (Å²) in [5.74, 6) is -1.22. The van der Waals surface area contributed by atoms with E-state index in [2.05, 4.69) is 10.3 Å². The summed E-state index contributed by atoms with van der Waals surface area (Å²) in [5.41, 5.74) is 1.46. The number of carbonyl (C=O) groups excluding carboxylic acids is 1. The maximum absolute atomic E-state index is 11.6. The smallest absolute Gasteiger partial charge is 0.308 e. The number of carbonyl (C=O) groups is 2. The Kier molecular flexibility index (Phi) is 4.34. The Morgan fingerprint density at radius 2 is 2.15 bits per heavy atom. The second-order valence-electron chi connectivity index (χ2n) is 4.62. The van der Waals surface area contributed by atoms with Crippen molar-refractivity contribution in [1.82, 2.24) is 10.3 Å². The van der Waals surface area contributed by atoms with E-state index in [0.29, 0.717) is 17.9 Å². The van der Waals surface area contributed by atoms with Crippen molar-refractivity contribution < 1.29 is 19.1 Å². The highest BCUT2D eigenvalue weighted by Gasteiger charge is 2.13. The normalized spacial score (nSPS) is 12.2. The predicted octanol–water partition coefficient (Wildman–Crippen LogP) is 1.60. The number of nitrogens with zero attached hydrogens (tertiary/aromatic N) is 1. The molecule has 0 fully saturated rings. The number of aryl methyl sites for hydroxylation is 1. The molecule has 106 valence electrons. The van der Waals surface area contributed by atoms with E-state index in [0.717, 1.165) is 5.52 Å². The summed E-state index contributed by atoms with van der Waals surface area (Å²) in [7, 11) is 0. The molecule has 0 aliphatic carbocycles. The number of hydrogen-bond donors (Lipinski definition) is 2. The summed E-state index contributed by atoms with van der Waals surface area (Å²) in [6.07, 6.45) is 0.612. The quantitative estimate of drug-likeness (QED) is 0.836. The Hall–Kier alpha value is -2.37. The number of hydrogen-bond acceptors (Lipinski definition) is 4. The first-order valence-electron chi connectivity index (χ1n) is 6.40. The van der Waals surface area contributed by atoms with Gasteiger partial charge in [-0.2, -0.15) is 0 Å². The predicted molar refractivity (Wildman–Crippen MR) is 72.1 cm³/mol. The zero-order chi connectivity index (χ0) is 14.5. The van der Waals surface area contributed by atoms with Crippen LogP contribution in [0.15, 0.2) is 28.7 Å². The van der Waals surface area contributed by atoms with Gasteiger partial charge in [0.05, 0.1) is 5.92 Å². The van der Waals surface area contributed by atoms with E-state index < -0.39 is 11.9 Å². The van der Waals surface area contributed by atoms with Gasteiger partial charge in [0.1, 0.15) is 5.52 Å². The number of fused-ring (bicyclic) bond motifs is 1. The highest BCUT2D eigenvalue weighted by molar-refractivity contribution is 5.77. The molecule has 0 saturated carbocycles. The SMILES string of the molecule is CC(CNC(=O)CCc1nc2ccccc2o1)C(=O)O. The molecule has 1 amide bonds. The molecule has 0 radical (unpaired) electrons. The van der Waals surface area contributed by atoms with Gasteiger partial charge in [-0.1, -0.05) is 19.1 Å². The maximum atomic E-state index is 11.6. The second-order valence-corrected chi connectivity index (χ2v) is 4.62. The summed E-state index contributed by atoms with van der Waals surface area (Å²) < 4.78 is 5.50. The van der Waals surface area contributed by atoms with E-state index in [1.54, 1.807) is 6.92 Å². The number of carboxylic acids is 1. The van der Waals surface area contributed by atoms with Crippen LogP contribution in [0, 0.1) is 5.92 Å². The van der Waals surface area contributed by atoms with Crippen molar-refractivity contribution in [2.75, 3.05) is 6.54 Å². The van der Waals surface area contributed by atoms with Gasteiger partial charge >= 0.3 is 5.97 Å². The van der Waals surface area contributed by atoms with Gasteiger partial charge < -0.3 is 14.8 Å². The minimum atomic E-state index is -0.927. The average Bonchev–Trinajstić information content (AvgIpc) is 2.85. The van der Waals surface area contributed by atoms with E-state index in [1.165, 1.54) is 0 Å². The van der Waals surface area contributed by atoms with E-state index >= 15 is 0 Å². The van der Waals surface area contributed by atoms with Crippen LogP contribution in [0.5, 0.6) is 0 Å². The first-order valence-corrected chi connectivity index (χ1v) is 6.40. The molecule has 6 heteroatoms. The monoisotopic (exact) mass is 276 g/mol. The van der Waals surface area contributed by atoms with Crippen molar-refractivity contribution in [2.45, 2.75) is 19.8 Å². The molecule has 1 atom stereocenters. The number of aromatic nitrogens is 1. The Balaban J connectivity index is 1.82. The fourth-order valence-electron chi connectivity index (χ4n) is 1.69. The van der Waals surface area contributed by atoms with Crippen LogP contribution in [0.25, 0.3) is 11.1 Å². The van der Waals surface area contributed by atoms with Crippen molar-refractivity contribution in [1.29, 1.82) is 0 Å². The number of rotatable bonds is 6. The van der Waals surface area contributed by atoms with Crippen LogP contribution in [0.1, 0.15) is 19.2 Å². The third-order valence-corrected chi connectivity index (χ3v) is 2.93. The highest BCUT2D eigenvalue weighted by Crippen LogP contribution is 2.15. The third-order valence-electron chi connectivity index (χ3n) is 2.93. The standard InChI is InChI=1S/C14H16N2O4/c1-9(14(18)19)8-15-12(17)6-7-13-16-10-4-2-3-5-11(10)20-13/h2-5,9H,6-8H2,1H3,(H,15,17)(H,18,19). The first-order chi connectivity index (χ1) is 9.56. The van der Waals surface area contributed by atoms with Gasteiger partial charge in [-0.25, -0.2) is 4.98 Å². The maximum Gasteiger partial charge on any atom is 0.308 e. The van der Waals surface area contributed by atoms with Gasteiger partial charge in [0, 0.05) is 19.4 Å². The molecule has 1 unspecified atom stereocenters. The molecule has 0 saturated heterocycles. The lowest BCUT2D eigenvalue weighted by Gasteiger charge is -2.07. The van der Waals surface area contributed by atoms with Gasteiger partial charge in [0.2, 0.25) is 5.91 Å². The van der Waals surface area contributed by atoms with Crippen molar-refractivity contribution in [3.05, 3.63) is 30.2 Å². The first kappa shape index (κ1) is 14.0. The van der Waals surface area contributed by atoms with Gasteiger partial charge in [0.15, 0.2) is 11.5 Å². The molecule has 0 bridgehead atoms. The number of carboxylic acid groups (broad SMARTS) is 1. The van der Waals surface area contributed by atoms with Crippen LogP contribution in [0.2, 0.25) is 0 Å². The number of benzene rings is 1. The van der Waals surface area contributed by atoms with Crippen LogP contribution in [-0.2, 0) is 16.0 Å². The van der Waals surface area contributed by atoms with Gasteiger partial charge in [-0.05, 0) is 12.1 Å². The van der Waals surface area contributed by atoms with E-state index in [-0.39, 0.29) is 18.9 Å². The van der Waals surface area contributed by atoms with Gasteiger partial charge in [-0.3, -0.25) is 9.59 Å². The minimum Gasteiger partial charge on any atom is -0.481 e. The fraction of sp³-hybridized carbons (Fsp3) is 0.357. The summed E-state index contributed by atoms with van der Waals surface area (Å²) in [6.45, 7) is 1.67. The zero-order valence-electron chi connectivity index (χ0n) is 11.1. The van der Waals surface area contributed by atoms with Gasteiger partial charge in [-0.15, -0.1) is 0 Å². The topological polar surface area (TPSA) is 92.4 Å². The molecule has 1 heterocycles. The number of para-hydroxylation sites is 2. The lowest BCUT2D eigenvalue weighted by Crippen LogP contribution is -2.31. The second kappa shape index (κ2) is 6.18. The van der Waals surface area contributed by atoms with E-state index in [1.807, 2.05) is 24.3 Å². The lowest BCUT2D eigenvalue weighted by atomic mass is 10.2. The average molecular weight is 276 g/mol. The Labute approximate surface area is 115 Å². The van der Waals surface area contributed by atoms with Crippen LogP contribution in [0.4, 0.5) is 0 Å². The van der Waals surface area contributed by atoms with Crippen molar-refractivity contribution in [2.24, 2.45) is 5.92 Å². The number of aliphatic carboxylic acids is 1. The fourth-order valence-corrected chi connectivity index (χ4v) is 1.69. The number of nitrogens with one attached hydrogen (secondary N) is 1. The van der Waals surface area contributed by atoms with Crippen molar-refractivity contribution >= 4 is 23.0 Å². The molecule has 2 N–H and O–H groups in total. The molecular formula is C14H16N2O4. The Morgan fingerprint density at radius 1 is 1.40 bits per heavy atom. The van der Waals surface area contributed by atoms with E-state index in [9.17, 15) is 9.59 Å². The molecule has 2 rings (SSSR count).